The summed E-state index contributed by atoms with van der Waals surface area (Å²) in [5.41, 5.74) is 6.45. The number of nitrogen functional groups attached to an aromatic ring is 1. The van der Waals surface area contributed by atoms with E-state index in [1.165, 1.54) is 4.88 Å². The second-order valence-electron chi connectivity index (χ2n) is 3.05. The quantitative estimate of drug-likeness (QED) is 0.873. The molecule has 0 spiro atoms. The van der Waals surface area contributed by atoms with Gasteiger partial charge >= 0.3 is 0 Å². The van der Waals surface area contributed by atoms with E-state index in [0.29, 0.717) is 12.3 Å². The molecule has 0 amide bonds. The van der Waals surface area contributed by atoms with Gasteiger partial charge in [-0.25, -0.2) is 0 Å². The molecule has 0 saturated carbocycles. The second kappa shape index (κ2) is 4.68. The Morgan fingerprint density at radius 2 is 2.20 bits per heavy atom. The molecule has 4 heteroatoms. The van der Waals surface area contributed by atoms with Crippen LogP contribution in [0.2, 0.25) is 0 Å². The predicted octanol–water partition coefficient (Wildman–Crippen LogP) is 3.67. The molecule has 0 unspecified atom stereocenters. The fourth-order valence-electron chi connectivity index (χ4n) is 1.18. The zero-order valence-electron chi connectivity index (χ0n) is 7.94. The number of nitrogens with two attached hydrogens (primary N) is 1. The maximum atomic E-state index is 5.79. The van der Waals surface area contributed by atoms with Crippen LogP contribution in [0.3, 0.4) is 0 Å². The molecule has 2 rings (SSSR count). The average Bonchev–Trinajstić information content (AvgIpc) is 2.72. The Labute approximate surface area is 101 Å². The van der Waals surface area contributed by atoms with E-state index in [1.54, 1.807) is 11.3 Å². The molecule has 1 heterocycles. The van der Waals surface area contributed by atoms with E-state index in [4.69, 9.17) is 10.5 Å². The molecule has 0 radical (unpaired) electrons. The lowest BCUT2D eigenvalue weighted by molar-refractivity contribution is 0.311. The van der Waals surface area contributed by atoms with Gasteiger partial charge in [0.15, 0.2) is 0 Å². The van der Waals surface area contributed by atoms with E-state index >= 15 is 0 Å². The number of ether oxygens (including phenoxy) is 1. The van der Waals surface area contributed by atoms with Crippen molar-refractivity contribution in [3.8, 4) is 5.75 Å². The standard InChI is InChI=1S/C11H10BrNOS/c12-8-3-4-10(13)11(6-8)14-7-9-2-1-5-15-9/h1-6H,7,13H2. The summed E-state index contributed by atoms with van der Waals surface area (Å²) in [6, 6.07) is 9.65. The molecule has 0 atom stereocenters. The highest BCUT2D eigenvalue weighted by atomic mass is 79.9. The van der Waals surface area contributed by atoms with Gasteiger partial charge in [0, 0.05) is 9.35 Å². The molecule has 0 aliphatic heterocycles. The number of thiophene rings is 1. The van der Waals surface area contributed by atoms with Crippen LogP contribution in [0.15, 0.2) is 40.2 Å². The average molecular weight is 284 g/mol. The van der Waals surface area contributed by atoms with Crippen molar-refractivity contribution >= 4 is 33.0 Å². The highest BCUT2D eigenvalue weighted by Crippen LogP contribution is 2.26. The minimum Gasteiger partial charge on any atom is -0.486 e. The second-order valence-corrected chi connectivity index (χ2v) is 5.00. The minimum absolute atomic E-state index is 0.568. The third kappa shape index (κ3) is 2.73. The normalized spacial score (nSPS) is 10.2. The molecule has 0 aliphatic carbocycles. The lowest BCUT2D eigenvalue weighted by Crippen LogP contribution is -1.97. The lowest BCUT2D eigenvalue weighted by Gasteiger charge is -2.07. The van der Waals surface area contributed by atoms with Crippen LogP contribution in [0.4, 0.5) is 5.69 Å². The Balaban J connectivity index is 2.07. The zero-order valence-corrected chi connectivity index (χ0v) is 10.3. The summed E-state index contributed by atoms with van der Waals surface area (Å²) in [4.78, 5) is 1.19. The van der Waals surface area contributed by atoms with Crippen molar-refractivity contribution in [2.75, 3.05) is 5.73 Å². The van der Waals surface area contributed by atoms with Gasteiger partial charge in [-0.15, -0.1) is 11.3 Å². The molecule has 1 aromatic carbocycles. The minimum atomic E-state index is 0.568. The maximum absolute atomic E-state index is 5.79. The molecule has 0 fully saturated rings. The number of hydrogen-bond acceptors (Lipinski definition) is 3. The summed E-state index contributed by atoms with van der Waals surface area (Å²) in [7, 11) is 0. The maximum Gasteiger partial charge on any atom is 0.143 e. The zero-order chi connectivity index (χ0) is 10.7. The molecule has 2 nitrogen and oxygen atoms in total. The first-order valence-corrected chi connectivity index (χ1v) is 6.13. The monoisotopic (exact) mass is 283 g/mol. The molecule has 0 aliphatic rings. The number of benzene rings is 1. The van der Waals surface area contributed by atoms with Crippen molar-refractivity contribution in [3.05, 3.63) is 45.1 Å². The van der Waals surface area contributed by atoms with Gasteiger partial charge in [0.1, 0.15) is 12.4 Å². The third-order valence-electron chi connectivity index (χ3n) is 1.93. The fourth-order valence-corrected chi connectivity index (χ4v) is 2.13. The molecular formula is C11H10BrNOS. The van der Waals surface area contributed by atoms with E-state index in [2.05, 4.69) is 15.9 Å². The summed E-state index contributed by atoms with van der Waals surface area (Å²) < 4.78 is 6.59. The number of anilines is 1. The number of halogens is 1. The van der Waals surface area contributed by atoms with Crippen LogP contribution >= 0.6 is 27.3 Å². The van der Waals surface area contributed by atoms with E-state index in [-0.39, 0.29) is 0 Å². The lowest BCUT2D eigenvalue weighted by atomic mass is 10.3. The summed E-state index contributed by atoms with van der Waals surface area (Å²) in [5.74, 6) is 0.720. The molecular weight excluding hydrogens is 274 g/mol. The van der Waals surface area contributed by atoms with Gasteiger partial charge in [-0.05, 0) is 29.6 Å². The van der Waals surface area contributed by atoms with Crippen molar-refractivity contribution < 1.29 is 4.74 Å². The number of hydrogen-bond donors (Lipinski definition) is 1. The molecule has 78 valence electrons. The van der Waals surface area contributed by atoms with Crippen molar-refractivity contribution in [3.63, 3.8) is 0 Å². The van der Waals surface area contributed by atoms with Crippen LogP contribution in [-0.2, 0) is 6.61 Å². The summed E-state index contributed by atoms with van der Waals surface area (Å²) in [6.45, 7) is 0.568. The van der Waals surface area contributed by atoms with Crippen molar-refractivity contribution in [2.24, 2.45) is 0 Å². The van der Waals surface area contributed by atoms with Gasteiger partial charge in [-0.2, -0.15) is 0 Å². The highest BCUT2D eigenvalue weighted by molar-refractivity contribution is 9.10. The predicted molar refractivity (Wildman–Crippen MR) is 67.2 cm³/mol. The SMILES string of the molecule is Nc1ccc(Br)cc1OCc1cccs1. The van der Waals surface area contributed by atoms with Gasteiger partial charge in [0.25, 0.3) is 0 Å². The van der Waals surface area contributed by atoms with Gasteiger partial charge in [-0.3, -0.25) is 0 Å². The van der Waals surface area contributed by atoms with Crippen LogP contribution in [-0.4, -0.2) is 0 Å². The molecule has 1 aromatic heterocycles. The summed E-state index contributed by atoms with van der Waals surface area (Å²) in [6.07, 6.45) is 0. The number of rotatable bonds is 3. The summed E-state index contributed by atoms with van der Waals surface area (Å²) in [5, 5.41) is 2.03. The first kappa shape index (κ1) is 10.5. The van der Waals surface area contributed by atoms with Gasteiger partial charge in [0.05, 0.1) is 5.69 Å². The Bertz CT molecular complexity index is 442. The van der Waals surface area contributed by atoms with Gasteiger partial charge in [0.2, 0.25) is 0 Å². The Morgan fingerprint density at radius 3 is 2.93 bits per heavy atom. The van der Waals surface area contributed by atoms with E-state index < -0.39 is 0 Å². The van der Waals surface area contributed by atoms with Crippen LogP contribution in [0.1, 0.15) is 4.88 Å². The van der Waals surface area contributed by atoms with E-state index in [9.17, 15) is 0 Å². The Hall–Kier alpha value is -1.00. The molecule has 0 saturated heterocycles. The fraction of sp³-hybridized carbons (Fsp3) is 0.0909. The Kier molecular flexibility index (Phi) is 3.28. The van der Waals surface area contributed by atoms with Crippen LogP contribution in [0, 0.1) is 0 Å². The van der Waals surface area contributed by atoms with Gasteiger partial charge in [-0.1, -0.05) is 22.0 Å². The van der Waals surface area contributed by atoms with E-state index in [1.807, 2.05) is 35.7 Å². The van der Waals surface area contributed by atoms with E-state index in [0.717, 1.165) is 10.2 Å². The first-order chi connectivity index (χ1) is 7.25. The topological polar surface area (TPSA) is 35.2 Å². The third-order valence-corrected chi connectivity index (χ3v) is 3.27. The van der Waals surface area contributed by atoms with Crippen molar-refractivity contribution in [2.45, 2.75) is 6.61 Å². The molecule has 2 aromatic rings. The van der Waals surface area contributed by atoms with Gasteiger partial charge < -0.3 is 10.5 Å². The van der Waals surface area contributed by atoms with Crippen molar-refractivity contribution in [1.29, 1.82) is 0 Å². The van der Waals surface area contributed by atoms with Crippen LogP contribution < -0.4 is 10.5 Å². The Morgan fingerprint density at radius 1 is 1.33 bits per heavy atom. The van der Waals surface area contributed by atoms with Crippen LogP contribution in [0.5, 0.6) is 5.75 Å². The van der Waals surface area contributed by atoms with Crippen molar-refractivity contribution in [1.82, 2.24) is 0 Å². The smallest absolute Gasteiger partial charge is 0.143 e. The van der Waals surface area contributed by atoms with Crippen LogP contribution in [0.25, 0.3) is 0 Å². The highest BCUT2D eigenvalue weighted by Gasteiger charge is 2.02. The molecule has 15 heavy (non-hydrogen) atoms. The molecule has 2 N–H and O–H groups in total. The molecule has 0 bridgehead atoms. The largest absolute Gasteiger partial charge is 0.486 e. The first-order valence-electron chi connectivity index (χ1n) is 4.46. The summed E-state index contributed by atoms with van der Waals surface area (Å²) >= 11 is 5.06.